The Hall–Kier alpha value is -0.900. The molecule has 0 bridgehead atoms. The standard InChI is InChI=1S/C15H19ClF3N/c1-2-20(10-11-4-3-5-11)14-7-6-12(9-16)8-13(14)15(17,18)19/h6-8,11H,2-5,9-10H2,1H3. The monoisotopic (exact) mass is 305 g/mol. The summed E-state index contributed by atoms with van der Waals surface area (Å²) in [6, 6.07) is 4.41. The molecule has 112 valence electrons. The quantitative estimate of drug-likeness (QED) is 0.686. The van der Waals surface area contributed by atoms with Gasteiger partial charge in [0.1, 0.15) is 0 Å². The van der Waals surface area contributed by atoms with Gasteiger partial charge in [-0.05, 0) is 43.4 Å². The molecule has 0 atom stereocenters. The Morgan fingerprint density at radius 1 is 1.30 bits per heavy atom. The zero-order chi connectivity index (χ0) is 14.8. The van der Waals surface area contributed by atoms with Crippen molar-refractivity contribution in [2.75, 3.05) is 18.0 Å². The number of hydrogen-bond donors (Lipinski definition) is 0. The zero-order valence-corrected chi connectivity index (χ0v) is 12.3. The van der Waals surface area contributed by atoms with Crippen LogP contribution in [0.25, 0.3) is 0 Å². The molecule has 1 fully saturated rings. The molecule has 5 heteroatoms. The van der Waals surface area contributed by atoms with E-state index in [-0.39, 0.29) is 11.6 Å². The van der Waals surface area contributed by atoms with Crippen molar-refractivity contribution in [1.82, 2.24) is 0 Å². The zero-order valence-electron chi connectivity index (χ0n) is 11.5. The molecule has 1 aliphatic carbocycles. The van der Waals surface area contributed by atoms with Crippen molar-refractivity contribution in [3.8, 4) is 0 Å². The third-order valence-electron chi connectivity index (χ3n) is 3.95. The van der Waals surface area contributed by atoms with Crippen LogP contribution in [0.2, 0.25) is 0 Å². The predicted molar refractivity (Wildman–Crippen MR) is 76.2 cm³/mol. The van der Waals surface area contributed by atoms with Gasteiger partial charge in [0, 0.05) is 24.7 Å². The lowest BCUT2D eigenvalue weighted by molar-refractivity contribution is -0.137. The van der Waals surface area contributed by atoms with Gasteiger partial charge in [-0.25, -0.2) is 0 Å². The highest BCUT2D eigenvalue weighted by Gasteiger charge is 2.35. The molecule has 0 N–H and O–H groups in total. The number of nitrogens with zero attached hydrogens (tertiary/aromatic N) is 1. The van der Waals surface area contributed by atoms with Gasteiger partial charge in [0.25, 0.3) is 0 Å². The van der Waals surface area contributed by atoms with Crippen LogP contribution in [-0.2, 0) is 12.1 Å². The van der Waals surface area contributed by atoms with Crippen LogP contribution in [-0.4, -0.2) is 13.1 Å². The Morgan fingerprint density at radius 3 is 2.45 bits per heavy atom. The molecule has 0 aliphatic heterocycles. The van der Waals surface area contributed by atoms with Crippen LogP contribution in [0.1, 0.15) is 37.3 Å². The van der Waals surface area contributed by atoms with Crippen LogP contribution in [0.4, 0.5) is 18.9 Å². The molecule has 1 aromatic rings. The van der Waals surface area contributed by atoms with E-state index < -0.39 is 11.7 Å². The van der Waals surface area contributed by atoms with E-state index in [9.17, 15) is 13.2 Å². The Kier molecular flexibility index (Phi) is 4.84. The number of anilines is 1. The number of hydrogen-bond acceptors (Lipinski definition) is 1. The normalized spacial score (nSPS) is 16.1. The van der Waals surface area contributed by atoms with Crippen LogP contribution < -0.4 is 4.90 Å². The average Bonchev–Trinajstić information content (AvgIpc) is 2.36. The first kappa shape index (κ1) is 15.5. The first-order valence-electron chi connectivity index (χ1n) is 6.96. The Balaban J connectivity index is 2.31. The van der Waals surface area contributed by atoms with Gasteiger partial charge >= 0.3 is 6.18 Å². The summed E-state index contributed by atoms with van der Waals surface area (Å²) in [5.74, 6) is 0.627. The fraction of sp³-hybridized carbons (Fsp3) is 0.600. The topological polar surface area (TPSA) is 3.24 Å². The van der Waals surface area contributed by atoms with Crippen LogP contribution in [0.5, 0.6) is 0 Å². The summed E-state index contributed by atoms with van der Waals surface area (Å²) in [6.45, 7) is 3.19. The first-order valence-corrected chi connectivity index (χ1v) is 7.50. The molecule has 1 saturated carbocycles. The van der Waals surface area contributed by atoms with Crippen LogP contribution in [0.3, 0.4) is 0 Å². The summed E-state index contributed by atoms with van der Waals surface area (Å²) in [5.41, 5.74) is 0.208. The molecule has 0 aromatic heterocycles. The largest absolute Gasteiger partial charge is 0.418 e. The number of alkyl halides is 4. The first-order chi connectivity index (χ1) is 9.45. The van der Waals surface area contributed by atoms with E-state index in [4.69, 9.17) is 11.6 Å². The molecule has 0 amide bonds. The Labute approximate surface area is 122 Å². The molecule has 1 nitrogen and oxygen atoms in total. The van der Waals surface area contributed by atoms with E-state index in [0.29, 0.717) is 24.6 Å². The van der Waals surface area contributed by atoms with Crippen molar-refractivity contribution >= 4 is 17.3 Å². The van der Waals surface area contributed by atoms with Gasteiger partial charge in [-0.3, -0.25) is 0 Å². The molecule has 0 unspecified atom stereocenters. The van der Waals surface area contributed by atoms with E-state index >= 15 is 0 Å². The molecular formula is C15H19ClF3N. The van der Waals surface area contributed by atoms with Crippen LogP contribution in [0.15, 0.2) is 18.2 Å². The number of benzene rings is 1. The van der Waals surface area contributed by atoms with Gasteiger partial charge in [-0.2, -0.15) is 13.2 Å². The van der Waals surface area contributed by atoms with Gasteiger partial charge in [-0.15, -0.1) is 11.6 Å². The van der Waals surface area contributed by atoms with Crippen molar-refractivity contribution in [2.45, 2.75) is 38.2 Å². The van der Waals surface area contributed by atoms with Crippen molar-refractivity contribution in [3.05, 3.63) is 29.3 Å². The second-order valence-electron chi connectivity index (χ2n) is 5.32. The van der Waals surface area contributed by atoms with Gasteiger partial charge in [0.2, 0.25) is 0 Å². The molecule has 1 aromatic carbocycles. The minimum absolute atomic E-state index is 0.0953. The Bertz CT molecular complexity index is 455. The smallest absolute Gasteiger partial charge is 0.371 e. The van der Waals surface area contributed by atoms with Crippen LogP contribution >= 0.6 is 11.6 Å². The van der Waals surface area contributed by atoms with Crippen molar-refractivity contribution < 1.29 is 13.2 Å². The van der Waals surface area contributed by atoms with Crippen molar-refractivity contribution in [1.29, 1.82) is 0 Å². The highest BCUT2D eigenvalue weighted by Crippen LogP contribution is 2.38. The summed E-state index contributed by atoms with van der Waals surface area (Å²) >= 11 is 5.65. The molecule has 2 rings (SSSR count). The Morgan fingerprint density at radius 2 is 2.00 bits per heavy atom. The van der Waals surface area contributed by atoms with Crippen LogP contribution in [0, 0.1) is 5.92 Å². The van der Waals surface area contributed by atoms with Gasteiger partial charge in [-0.1, -0.05) is 12.5 Å². The number of rotatable bonds is 5. The summed E-state index contributed by atoms with van der Waals surface area (Å²) in [5, 5.41) is 0. The van der Waals surface area contributed by atoms with Crippen molar-refractivity contribution in [3.63, 3.8) is 0 Å². The maximum Gasteiger partial charge on any atom is 0.418 e. The fourth-order valence-electron chi connectivity index (χ4n) is 2.55. The second kappa shape index (κ2) is 6.25. The molecule has 0 saturated heterocycles. The lowest BCUT2D eigenvalue weighted by Gasteiger charge is -2.34. The third-order valence-corrected chi connectivity index (χ3v) is 4.26. The summed E-state index contributed by atoms with van der Waals surface area (Å²) in [7, 11) is 0. The highest BCUT2D eigenvalue weighted by molar-refractivity contribution is 6.17. The number of halogens is 4. The van der Waals surface area contributed by atoms with Crippen molar-refractivity contribution in [2.24, 2.45) is 5.92 Å². The predicted octanol–water partition coefficient (Wildman–Crippen LogP) is 5.07. The van der Waals surface area contributed by atoms with E-state index in [1.54, 1.807) is 12.1 Å². The lowest BCUT2D eigenvalue weighted by Crippen LogP contribution is -2.33. The summed E-state index contributed by atoms with van der Waals surface area (Å²) in [6.07, 6.45) is -0.904. The maximum absolute atomic E-state index is 13.2. The van der Waals surface area contributed by atoms with E-state index in [0.717, 1.165) is 12.8 Å². The molecular weight excluding hydrogens is 287 g/mol. The second-order valence-corrected chi connectivity index (χ2v) is 5.59. The molecule has 0 heterocycles. The van der Waals surface area contributed by atoms with E-state index in [1.165, 1.54) is 12.5 Å². The van der Waals surface area contributed by atoms with E-state index in [2.05, 4.69) is 0 Å². The van der Waals surface area contributed by atoms with Gasteiger partial charge in [0.05, 0.1) is 5.56 Å². The lowest BCUT2D eigenvalue weighted by atomic mass is 9.85. The minimum atomic E-state index is -4.34. The molecule has 0 radical (unpaired) electrons. The summed E-state index contributed by atoms with van der Waals surface area (Å²) < 4.78 is 39.7. The third kappa shape index (κ3) is 3.40. The summed E-state index contributed by atoms with van der Waals surface area (Å²) in [4.78, 5) is 1.84. The minimum Gasteiger partial charge on any atom is -0.371 e. The van der Waals surface area contributed by atoms with Gasteiger partial charge < -0.3 is 4.90 Å². The van der Waals surface area contributed by atoms with E-state index in [1.807, 2.05) is 11.8 Å². The average molecular weight is 306 g/mol. The fourth-order valence-corrected chi connectivity index (χ4v) is 2.72. The molecule has 1 aliphatic rings. The SMILES string of the molecule is CCN(CC1CCC1)c1ccc(CCl)cc1C(F)(F)F. The highest BCUT2D eigenvalue weighted by atomic mass is 35.5. The molecule has 20 heavy (non-hydrogen) atoms. The van der Waals surface area contributed by atoms with Gasteiger partial charge in [0.15, 0.2) is 0 Å². The maximum atomic E-state index is 13.2. The molecule has 0 spiro atoms.